The largest absolute Gasteiger partial charge is 0.466 e. The maximum atomic E-state index is 10.3. The normalized spacial score (nSPS) is 12.2. The third-order valence-corrected chi connectivity index (χ3v) is 1.28. The lowest BCUT2D eigenvalue weighted by Gasteiger charge is -2.04. The fourth-order valence-corrected chi connectivity index (χ4v) is 0.506. The Kier molecular flexibility index (Phi) is 4.63. The van der Waals surface area contributed by atoms with Gasteiger partial charge in [0.05, 0.1) is 6.61 Å². The molecular weight excluding hydrogens is 128 g/mol. The van der Waals surface area contributed by atoms with Gasteiger partial charge in [-0.05, 0) is 12.3 Å². The first-order valence-corrected chi connectivity index (χ1v) is 3.42. The smallest absolute Gasteiger partial charge is 0.302 e. The van der Waals surface area contributed by atoms with Crippen molar-refractivity contribution in [2.45, 2.75) is 20.3 Å². The predicted octanol–water partition coefficient (Wildman–Crippen LogP) is 1.76. The first kappa shape index (κ1) is 9.21. The summed E-state index contributed by atoms with van der Waals surface area (Å²) in [6, 6.07) is 0. The van der Waals surface area contributed by atoms with Gasteiger partial charge in [-0.2, -0.15) is 0 Å². The Morgan fingerprint density at radius 2 is 2.40 bits per heavy atom. The summed E-state index contributed by atoms with van der Waals surface area (Å²) in [6.45, 7) is 7.57. The number of hydrogen-bond acceptors (Lipinski definition) is 2. The third-order valence-electron chi connectivity index (χ3n) is 1.28. The fraction of sp³-hybridized carbons (Fsp3) is 0.625. The minimum absolute atomic E-state index is 0.212. The Bertz CT molecular complexity index is 118. The Balaban J connectivity index is 3.19. The standard InChI is InChI=1S/C8H14O2/c1-4-7(2)5-6-10-8(3)9/h4,7H,1,5-6H2,2-3H3/t7-/m0/s1. The molecule has 10 heavy (non-hydrogen) atoms. The van der Waals surface area contributed by atoms with Crippen molar-refractivity contribution in [2.24, 2.45) is 5.92 Å². The molecule has 0 aromatic carbocycles. The van der Waals surface area contributed by atoms with Gasteiger partial charge in [-0.15, -0.1) is 6.58 Å². The van der Waals surface area contributed by atoms with Gasteiger partial charge >= 0.3 is 5.97 Å². The molecule has 0 rings (SSSR count). The molecule has 0 unspecified atom stereocenters. The molecule has 0 aromatic rings. The van der Waals surface area contributed by atoms with Gasteiger partial charge in [-0.25, -0.2) is 0 Å². The van der Waals surface area contributed by atoms with E-state index in [9.17, 15) is 4.79 Å². The monoisotopic (exact) mass is 142 g/mol. The van der Waals surface area contributed by atoms with E-state index in [1.165, 1.54) is 6.92 Å². The van der Waals surface area contributed by atoms with E-state index in [2.05, 4.69) is 6.58 Å². The number of carbonyl (C=O) groups excluding carboxylic acids is 1. The first-order valence-electron chi connectivity index (χ1n) is 3.42. The molecule has 0 bridgehead atoms. The van der Waals surface area contributed by atoms with Crippen LogP contribution in [0.25, 0.3) is 0 Å². The van der Waals surface area contributed by atoms with E-state index in [0.29, 0.717) is 12.5 Å². The van der Waals surface area contributed by atoms with Gasteiger partial charge in [0.15, 0.2) is 0 Å². The van der Waals surface area contributed by atoms with Gasteiger partial charge in [0.25, 0.3) is 0 Å². The second-order valence-corrected chi connectivity index (χ2v) is 2.34. The molecule has 0 radical (unpaired) electrons. The van der Waals surface area contributed by atoms with Gasteiger partial charge in [0, 0.05) is 6.92 Å². The summed E-state index contributed by atoms with van der Waals surface area (Å²) >= 11 is 0. The zero-order valence-electron chi connectivity index (χ0n) is 6.59. The van der Waals surface area contributed by atoms with Crippen molar-refractivity contribution in [3.63, 3.8) is 0 Å². The molecule has 0 aliphatic heterocycles. The Labute approximate surface area is 61.9 Å². The highest BCUT2D eigenvalue weighted by molar-refractivity contribution is 5.65. The second kappa shape index (κ2) is 5.03. The summed E-state index contributed by atoms with van der Waals surface area (Å²) in [5, 5.41) is 0. The number of carbonyl (C=O) groups is 1. The molecular formula is C8H14O2. The Hall–Kier alpha value is -0.790. The molecule has 0 spiro atoms. The molecule has 0 fully saturated rings. The van der Waals surface area contributed by atoms with Crippen LogP contribution in [0.3, 0.4) is 0 Å². The van der Waals surface area contributed by atoms with Crippen molar-refractivity contribution < 1.29 is 9.53 Å². The molecule has 58 valence electrons. The molecule has 0 aliphatic rings. The van der Waals surface area contributed by atoms with Crippen LogP contribution in [0.15, 0.2) is 12.7 Å². The predicted molar refractivity (Wildman–Crippen MR) is 40.6 cm³/mol. The van der Waals surface area contributed by atoms with Crippen LogP contribution < -0.4 is 0 Å². The topological polar surface area (TPSA) is 26.3 Å². The van der Waals surface area contributed by atoms with E-state index in [-0.39, 0.29) is 5.97 Å². The molecule has 1 atom stereocenters. The highest BCUT2D eigenvalue weighted by atomic mass is 16.5. The van der Waals surface area contributed by atoms with Crippen LogP contribution in [0.4, 0.5) is 0 Å². The number of esters is 1. The second-order valence-electron chi connectivity index (χ2n) is 2.34. The van der Waals surface area contributed by atoms with E-state index < -0.39 is 0 Å². The molecule has 0 N–H and O–H groups in total. The molecule has 2 nitrogen and oxygen atoms in total. The summed E-state index contributed by atoms with van der Waals surface area (Å²) in [7, 11) is 0. The average Bonchev–Trinajstić information content (AvgIpc) is 1.87. The van der Waals surface area contributed by atoms with Crippen LogP contribution in [0.5, 0.6) is 0 Å². The van der Waals surface area contributed by atoms with Crippen molar-refractivity contribution in [1.29, 1.82) is 0 Å². The summed E-state index contributed by atoms with van der Waals surface area (Å²) in [5.41, 5.74) is 0. The Morgan fingerprint density at radius 3 is 2.80 bits per heavy atom. The van der Waals surface area contributed by atoms with Gasteiger partial charge in [-0.3, -0.25) is 4.79 Å². The number of allylic oxidation sites excluding steroid dienone is 1. The van der Waals surface area contributed by atoms with Gasteiger partial charge in [0.1, 0.15) is 0 Å². The summed E-state index contributed by atoms with van der Waals surface area (Å²) in [6.07, 6.45) is 2.71. The molecule has 0 saturated heterocycles. The lowest BCUT2D eigenvalue weighted by Crippen LogP contribution is -2.03. The minimum Gasteiger partial charge on any atom is -0.466 e. The molecule has 0 aromatic heterocycles. The highest BCUT2D eigenvalue weighted by Gasteiger charge is 1.96. The van der Waals surface area contributed by atoms with E-state index in [4.69, 9.17) is 4.74 Å². The summed E-state index contributed by atoms with van der Waals surface area (Å²) < 4.78 is 4.73. The number of rotatable bonds is 4. The third kappa shape index (κ3) is 5.35. The molecule has 0 heterocycles. The number of hydrogen-bond donors (Lipinski definition) is 0. The molecule has 0 amide bonds. The summed E-state index contributed by atoms with van der Waals surface area (Å²) in [5.74, 6) is 0.218. The van der Waals surface area contributed by atoms with E-state index in [0.717, 1.165) is 6.42 Å². The molecule has 0 saturated carbocycles. The maximum Gasteiger partial charge on any atom is 0.302 e. The van der Waals surface area contributed by atoms with Crippen LogP contribution in [0.2, 0.25) is 0 Å². The lowest BCUT2D eigenvalue weighted by molar-refractivity contribution is -0.141. The van der Waals surface area contributed by atoms with Crippen molar-refractivity contribution in [2.75, 3.05) is 6.61 Å². The Morgan fingerprint density at radius 1 is 1.80 bits per heavy atom. The average molecular weight is 142 g/mol. The van der Waals surface area contributed by atoms with Gasteiger partial charge in [-0.1, -0.05) is 13.0 Å². The van der Waals surface area contributed by atoms with Crippen LogP contribution in [0, 0.1) is 5.92 Å². The molecule has 0 aliphatic carbocycles. The first-order chi connectivity index (χ1) is 4.66. The van der Waals surface area contributed by atoms with Crippen molar-refractivity contribution >= 4 is 5.97 Å². The van der Waals surface area contributed by atoms with E-state index >= 15 is 0 Å². The zero-order chi connectivity index (χ0) is 7.98. The molecule has 2 heteroatoms. The maximum absolute atomic E-state index is 10.3. The van der Waals surface area contributed by atoms with Crippen molar-refractivity contribution in [3.8, 4) is 0 Å². The van der Waals surface area contributed by atoms with Crippen LogP contribution >= 0.6 is 0 Å². The van der Waals surface area contributed by atoms with Gasteiger partial charge < -0.3 is 4.74 Å². The zero-order valence-corrected chi connectivity index (χ0v) is 6.59. The van der Waals surface area contributed by atoms with E-state index in [1.807, 2.05) is 13.0 Å². The quantitative estimate of drug-likeness (QED) is 0.441. The minimum atomic E-state index is -0.212. The van der Waals surface area contributed by atoms with Crippen molar-refractivity contribution in [3.05, 3.63) is 12.7 Å². The summed E-state index contributed by atoms with van der Waals surface area (Å²) in [4.78, 5) is 10.3. The highest BCUT2D eigenvalue weighted by Crippen LogP contribution is 2.01. The lowest BCUT2D eigenvalue weighted by atomic mass is 10.1. The van der Waals surface area contributed by atoms with Crippen molar-refractivity contribution in [1.82, 2.24) is 0 Å². The van der Waals surface area contributed by atoms with E-state index in [1.54, 1.807) is 0 Å². The number of ether oxygens (including phenoxy) is 1. The van der Waals surface area contributed by atoms with Gasteiger partial charge in [0.2, 0.25) is 0 Å². The van der Waals surface area contributed by atoms with Crippen LogP contribution in [-0.4, -0.2) is 12.6 Å². The SMILES string of the molecule is C=C[C@H](C)CCOC(C)=O. The fourth-order valence-electron chi connectivity index (χ4n) is 0.506. The van der Waals surface area contributed by atoms with Crippen LogP contribution in [-0.2, 0) is 9.53 Å². The van der Waals surface area contributed by atoms with Crippen LogP contribution in [0.1, 0.15) is 20.3 Å².